The molecule has 2 N–H and O–H groups in total. The van der Waals surface area contributed by atoms with E-state index < -0.39 is 36.4 Å². The lowest BCUT2D eigenvalue weighted by Crippen LogP contribution is -2.31. The standard InChI is InChI=1S/C36H38O12/c1-15-35(47-17(3)37)31-23(13-45-15)33(39)27-21(9-19(41-5)11-25(27)43-7)29(31)30-22-10-20(42-6)12-26(44-8)28(22)34(40)24-14-46-16(2)36(32(24)30)48-18(4)38/h9-12,15-16,35-36,39-40H,13-14H2,1-8H3/t15-,16+,35-,36+. The van der Waals surface area contributed by atoms with E-state index >= 15 is 0 Å². The minimum Gasteiger partial charge on any atom is -0.507 e. The first kappa shape index (κ1) is 33.0. The van der Waals surface area contributed by atoms with Crippen molar-refractivity contribution >= 4 is 33.5 Å². The quantitative estimate of drug-likeness (QED) is 0.219. The summed E-state index contributed by atoms with van der Waals surface area (Å²) in [6.07, 6.45) is -3.21. The lowest BCUT2D eigenvalue weighted by molar-refractivity contribution is -0.158. The van der Waals surface area contributed by atoms with Gasteiger partial charge in [0.2, 0.25) is 0 Å². The minimum atomic E-state index is -0.981. The molecule has 6 rings (SSSR count). The molecule has 0 amide bonds. The van der Waals surface area contributed by atoms with E-state index in [0.29, 0.717) is 77.9 Å². The van der Waals surface area contributed by atoms with E-state index in [9.17, 15) is 19.8 Å². The Bertz CT molecular complexity index is 1820. The monoisotopic (exact) mass is 662 g/mol. The summed E-state index contributed by atoms with van der Waals surface area (Å²) < 4.78 is 47.0. The lowest BCUT2D eigenvalue weighted by atomic mass is 9.77. The average molecular weight is 663 g/mol. The molecule has 0 radical (unpaired) electrons. The van der Waals surface area contributed by atoms with Crippen molar-refractivity contribution in [3.8, 4) is 45.6 Å². The van der Waals surface area contributed by atoms with Crippen LogP contribution >= 0.6 is 0 Å². The number of carbonyl (C=O) groups is 2. The summed E-state index contributed by atoms with van der Waals surface area (Å²) in [6, 6.07) is 6.82. The number of fused-ring (bicyclic) bond motifs is 4. The van der Waals surface area contributed by atoms with E-state index in [1.54, 1.807) is 38.1 Å². The smallest absolute Gasteiger partial charge is 0.303 e. The first-order valence-electron chi connectivity index (χ1n) is 15.4. The normalized spacial score (nSPS) is 20.1. The number of phenolic OH excluding ortho intramolecular Hbond substituents is 2. The topological polar surface area (TPSA) is 148 Å². The second-order valence-electron chi connectivity index (χ2n) is 11.8. The molecule has 2 aliphatic heterocycles. The van der Waals surface area contributed by atoms with Crippen LogP contribution in [0, 0.1) is 0 Å². The SMILES string of the molecule is COc1cc(OC)c2c(O)c3c(c(-c4c5c(c(O)c6c(OC)cc(OC)cc46)CO[C@H](C)[C@H]5OC(C)=O)c2c1)[C@@H](OC(C)=O)[C@H](C)OC3. The number of rotatable bonds is 7. The molecule has 254 valence electrons. The van der Waals surface area contributed by atoms with Crippen molar-refractivity contribution in [2.75, 3.05) is 28.4 Å². The highest BCUT2D eigenvalue weighted by molar-refractivity contribution is 6.15. The molecule has 4 atom stereocenters. The molecule has 2 aliphatic rings. The van der Waals surface area contributed by atoms with Gasteiger partial charge in [0.15, 0.2) is 12.2 Å². The molecule has 2 heterocycles. The predicted molar refractivity (Wildman–Crippen MR) is 174 cm³/mol. The Balaban J connectivity index is 1.96. The van der Waals surface area contributed by atoms with Crippen LogP contribution < -0.4 is 18.9 Å². The van der Waals surface area contributed by atoms with Gasteiger partial charge in [-0.05, 0) is 37.1 Å². The molecule has 0 saturated carbocycles. The summed E-state index contributed by atoms with van der Waals surface area (Å²) in [5, 5.41) is 25.5. The van der Waals surface area contributed by atoms with Crippen molar-refractivity contribution in [1.82, 2.24) is 0 Å². The van der Waals surface area contributed by atoms with Gasteiger partial charge in [0.05, 0.1) is 64.6 Å². The first-order chi connectivity index (χ1) is 22.9. The molecule has 4 aromatic carbocycles. The van der Waals surface area contributed by atoms with E-state index in [2.05, 4.69) is 0 Å². The van der Waals surface area contributed by atoms with Crippen molar-refractivity contribution in [3.05, 3.63) is 46.5 Å². The summed E-state index contributed by atoms with van der Waals surface area (Å²) in [6.45, 7) is 6.13. The number of benzene rings is 4. The van der Waals surface area contributed by atoms with Gasteiger partial charge < -0.3 is 48.1 Å². The number of aromatic hydroxyl groups is 2. The number of esters is 2. The van der Waals surface area contributed by atoms with Crippen LogP contribution in [0.25, 0.3) is 32.7 Å². The van der Waals surface area contributed by atoms with Gasteiger partial charge >= 0.3 is 11.9 Å². The molecule has 0 unspecified atom stereocenters. The van der Waals surface area contributed by atoms with Gasteiger partial charge in [0.1, 0.15) is 34.5 Å². The van der Waals surface area contributed by atoms with Crippen LogP contribution in [-0.2, 0) is 41.8 Å². The van der Waals surface area contributed by atoms with Crippen LogP contribution in [0.4, 0.5) is 0 Å². The van der Waals surface area contributed by atoms with E-state index in [1.165, 1.54) is 42.3 Å². The molecule has 0 bridgehead atoms. The third-order valence-corrected chi connectivity index (χ3v) is 9.07. The van der Waals surface area contributed by atoms with Gasteiger partial charge in [-0.3, -0.25) is 9.59 Å². The second kappa shape index (κ2) is 12.6. The average Bonchev–Trinajstić information content (AvgIpc) is 3.06. The molecule has 48 heavy (non-hydrogen) atoms. The van der Waals surface area contributed by atoms with Crippen LogP contribution in [-0.4, -0.2) is 62.8 Å². The highest BCUT2D eigenvalue weighted by Gasteiger charge is 2.42. The molecule has 12 heteroatoms. The number of carbonyl (C=O) groups excluding carboxylic acids is 2. The number of hydrogen-bond donors (Lipinski definition) is 2. The predicted octanol–water partition coefficient (Wildman–Crippen LogP) is 6.15. The van der Waals surface area contributed by atoms with E-state index in [-0.39, 0.29) is 24.7 Å². The van der Waals surface area contributed by atoms with Gasteiger partial charge in [-0.25, -0.2) is 0 Å². The van der Waals surface area contributed by atoms with Crippen LogP contribution in [0.3, 0.4) is 0 Å². The fourth-order valence-corrected chi connectivity index (χ4v) is 6.97. The first-order valence-corrected chi connectivity index (χ1v) is 15.4. The van der Waals surface area contributed by atoms with E-state index in [0.717, 1.165) is 0 Å². The zero-order chi connectivity index (χ0) is 34.6. The largest absolute Gasteiger partial charge is 0.507 e. The Kier molecular flexibility index (Phi) is 8.65. The summed E-state index contributed by atoms with van der Waals surface area (Å²) in [5.41, 5.74) is 2.72. The van der Waals surface area contributed by atoms with Crippen LogP contribution in [0.5, 0.6) is 34.5 Å². The molecule has 0 aliphatic carbocycles. The van der Waals surface area contributed by atoms with Crippen molar-refractivity contribution in [3.63, 3.8) is 0 Å². The maximum Gasteiger partial charge on any atom is 0.303 e. The Morgan fingerprint density at radius 2 is 1.02 bits per heavy atom. The third-order valence-electron chi connectivity index (χ3n) is 9.07. The van der Waals surface area contributed by atoms with Crippen LogP contribution in [0.1, 0.15) is 62.2 Å². The zero-order valence-electron chi connectivity index (χ0n) is 28.0. The van der Waals surface area contributed by atoms with E-state index in [1.807, 2.05) is 0 Å². The minimum absolute atomic E-state index is 0.0179. The molecule has 0 aromatic heterocycles. The maximum absolute atomic E-state index is 12.6. The van der Waals surface area contributed by atoms with Gasteiger partial charge in [-0.15, -0.1) is 0 Å². The molecule has 0 saturated heterocycles. The van der Waals surface area contributed by atoms with Crippen molar-refractivity contribution in [2.45, 2.75) is 65.3 Å². The van der Waals surface area contributed by atoms with Crippen LogP contribution in [0.2, 0.25) is 0 Å². The molecular formula is C36H38O12. The molecule has 12 nitrogen and oxygen atoms in total. The Morgan fingerprint density at radius 3 is 1.33 bits per heavy atom. The fraction of sp³-hybridized carbons (Fsp3) is 0.389. The number of methoxy groups -OCH3 is 4. The maximum atomic E-state index is 12.6. The summed E-state index contributed by atoms with van der Waals surface area (Å²) in [4.78, 5) is 25.2. The number of phenols is 2. The Morgan fingerprint density at radius 1 is 0.646 bits per heavy atom. The van der Waals surface area contributed by atoms with Crippen LogP contribution in [0.15, 0.2) is 24.3 Å². The molecule has 0 fully saturated rings. The Hall–Kier alpha value is -4.94. The highest BCUT2D eigenvalue weighted by Crippen LogP contribution is 2.57. The Labute approximate surface area is 276 Å². The summed E-state index contributed by atoms with van der Waals surface area (Å²) in [7, 11) is 5.99. The van der Waals surface area contributed by atoms with Crippen molar-refractivity contribution < 1.29 is 57.7 Å². The van der Waals surface area contributed by atoms with Gasteiger partial charge in [0, 0.05) is 59.0 Å². The van der Waals surface area contributed by atoms with Crippen molar-refractivity contribution in [2.24, 2.45) is 0 Å². The third kappa shape index (κ3) is 5.15. The molecule has 4 aromatic rings. The number of hydrogen-bond acceptors (Lipinski definition) is 12. The summed E-state index contributed by atoms with van der Waals surface area (Å²) in [5.74, 6) is 0.118. The van der Waals surface area contributed by atoms with E-state index in [4.69, 9.17) is 37.9 Å². The summed E-state index contributed by atoms with van der Waals surface area (Å²) >= 11 is 0. The lowest BCUT2D eigenvalue weighted by Gasteiger charge is -2.37. The van der Waals surface area contributed by atoms with Gasteiger partial charge in [0.25, 0.3) is 0 Å². The zero-order valence-corrected chi connectivity index (χ0v) is 28.0. The highest BCUT2D eigenvalue weighted by atomic mass is 16.6. The fourth-order valence-electron chi connectivity index (χ4n) is 6.97. The number of ether oxygens (including phenoxy) is 8. The molecule has 0 spiro atoms. The van der Waals surface area contributed by atoms with Crippen molar-refractivity contribution in [1.29, 1.82) is 0 Å². The second-order valence-corrected chi connectivity index (χ2v) is 11.8. The van der Waals surface area contributed by atoms with Gasteiger partial charge in [-0.1, -0.05) is 0 Å². The van der Waals surface area contributed by atoms with Gasteiger partial charge in [-0.2, -0.15) is 0 Å². The molecular weight excluding hydrogens is 624 g/mol.